The molecule has 5 heteroatoms. The first-order valence-electron chi connectivity index (χ1n) is 6.03. The van der Waals surface area contributed by atoms with Gasteiger partial charge in [0, 0.05) is 24.2 Å². The van der Waals surface area contributed by atoms with Gasteiger partial charge in [0.2, 0.25) is 0 Å². The molecule has 1 unspecified atom stereocenters. The minimum absolute atomic E-state index is 0.396. The fourth-order valence-corrected chi connectivity index (χ4v) is 2.13. The summed E-state index contributed by atoms with van der Waals surface area (Å²) < 4.78 is 2.03. The third kappa shape index (κ3) is 2.44. The fourth-order valence-electron chi connectivity index (χ4n) is 2.13. The van der Waals surface area contributed by atoms with Gasteiger partial charge < -0.3 is 5.32 Å². The molecule has 0 radical (unpaired) electrons. The van der Waals surface area contributed by atoms with Crippen LogP contribution in [-0.4, -0.2) is 32.2 Å². The van der Waals surface area contributed by atoms with Crippen molar-refractivity contribution in [2.75, 3.05) is 6.54 Å². The molecule has 17 heavy (non-hydrogen) atoms. The normalized spacial score (nSPS) is 13.2. The number of likely N-dealkylation sites (N-methyl/N-ethyl adjacent to an activating group) is 1. The molecule has 0 fully saturated rings. The Labute approximate surface area is 101 Å². The second kappa shape index (κ2) is 4.79. The maximum Gasteiger partial charge on any atom is 0.164 e. The number of hydrogen-bond donors (Lipinski definition) is 1. The van der Waals surface area contributed by atoms with Crippen molar-refractivity contribution < 1.29 is 0 Å². The van der Waals surface area contributed by atoms with E-state index in [9.17, 15) is 0 Å². The predicted molar refractivity (Wildman–Crippen MR) is 67.1 cm³/mol. The predicted octanol–water partition coefficient (Wildman–Crippen LogP) is 1.28. The van der Waals surface area contributed by atoms with Crippen LogP contribution in [0.15, 0.2) is 6.07 Å². The summed E-state index contributed by atoms with van der Waals surface area (Å²) in [6, 6.07) is 2.36. The Morgan fingerprint density at radius 1 is 1.35 bits per heavy atom. The third-order valence-corrected chi connectivity index (χ3v) is 2.80. The molecule has 2 aromatic heterocycles. The first-order chi connectivity index (χ1) is 8.11. The number of nitrogens with one attached hydrogen (secondary N) is 1. The van der Waals surface area contributed by atoms with Gasteiger partial charge in [0.05, 0.1) is 0 Å². The van der Waals surface area contributed by atoms with Crippen LogP contribution in [0.25, 0.3) is 5.65 Å². The maximum absolute atomic E-state index is 4.45. The number of nitrogens with zero attached hydrogens (tertiary/aromatic N) is 4. The van der Waals surface area contributed by atoms with Crippen LogP contribution in [-0.2, 0) is 6.42 Å². The van der Waals surface area contributed by atoms with Crippen molar-refractivity contribution >= 4 is 5.65 Å². The van der Waals surface area contributed by atoms with E-state index in [1.807, 2.05) is 24.3 Å². The first kappa shape index (κ1) is 12.0. The number of aromatic nitrogens is 4. The van der Waals surface area contributed by atoms with Crippen LogP contribution in [0.4, 0.5) is 0 Å². The van der Waals surface area contributed by atoms with Gasteiger partial charge >= 0.3 is 0 Å². The first-order valence-corrected chi connectivity index (χ1v) is 6.03. The Morgan fingerprint density at radius 3 is 2.82 bits per heavy atom. The smallest absolute Gasteiger partial charge is 0.164 e. The van der Waals surface area contributed by atoms with Gasteiger partial charge in [-0.05, 0) is 27.3 Å². The molecule has 5 nitrogen and oxygen atoms in total. The molecule has 0 bridgehead atoms. The average Bonchev–Trinajstić information content (AvgIpc) is 2.61. The fraction of sp³-hybridized carbons (Fsp3) is 0.583. The molecule has 0 aliphatic heterocycles. The Balaban J connectivity index is 2.36. The topological polar surface area (TPSA) is 55.1 Å². The van der Waals surface area contributed by atoms with Crippen molar-refractivity contribution in [1.82, 2.24) is 24.9 Å². The lowest BCUT2D eigenvalue weighted by Gasteiger charge is -2.11. The number of hydrogen-bond acceptors (Lipinski definition) is 4. The van der Waals surface area contributed by atoms with Gasteiger partial charge in [0.1, 0.15) is 11.6 Å². The summed E-state index contributed by atoms with van der Waals surface area (Å²) in [7, 11) is 0. The van der Waals surface area contributed by atoms with Crippen molar-refractivity contribution in [3.05, 3.63) is 23.4 Å². The molecule has 1 N–H and O–H groups in total. The summed E-state index contributed by atoms with van der Waals surface area (Å²) in [6.07, 6.45) is 0.862. The largest absolute Gasteiger partial charge is 0.314 e. The number of rotatable bonds is 4. The Morgan fingerprint density at radius 2 is 2.12 bits per heavy atom. The highest BCUT2D eigenvalue weighted by Gasteiger charge is 2.11. The van der Waals surface area contributed by atoms with E-state index in [1.165, 1.54) is 0 Å². The van der Waals surface area contributed by atoms with E-state index in [4.69, 9.17) is 0 Å². The summed E-state index contributed by atoms with van der Waals surface area (Å²) in [5, 5.41) is 11.8. The van der Waals surface area contributed by atoms with E-state index in [-0.39, 0.29) is 0 Å². The van der Waals surface area contributed by atoms with Crippen molar-refractivity contribution in [1.29, 1.82) is 0 Å². The van der Waals surface area contributed by atoms with E-state index in [0.29, 0.717) is 6.04 Å². The maximum atomic E-state index is 4.45. The lowest BCUT2D eigenvalue weighted by molar-refractivity contribution is 0.548. The Hall–Kier alpha value is -1.49. The van der Waals surface area contributed by atoms with Gasteiger partial charge in [-0.3, -0.25) is 4.40 Å². The zero-order valence-electron chi connectivity index (χ0n) is 10.9. The SMILES string of the molecule is CCNC(C)Cc1nnc2cc(C)nc(C)n12. The molecule has 0 saturated heterocycles. The highest BCUT2D eigenvalue weighted by atomic mass is 15.3. The van der Waals surface area contributed by atoms with Crippen LogP contribution in [0, 0.1) is 13.8 Å². The van der Waals surface area contributed by atoms with Crippen LogP contribution in [0.5, 0.6) is 0 Å². The van der Waals surface area contributed by atoms with Gasteiger partial charge in [-0.15, -0.1) is 10.2 Å². The molecule has 2 aromatic rings. The minimum Gasteiger partial charge on any atom is -0.314 e. The molecule has 0 aliphatic carbocycles. The van der Waals surface area contributed by atoms with Gasteiger partial charge in [-0.2, -0.15) is 0 Å². The summed E-state index contributed by atoms with van der Waals surface area (Å²) in [4.78, 5) is 4.45. The van der Waals surface area contributed by atoms with Crippen LogP contribution in [0.1, 0.15) is 31.2 Å². The quantitative estimate of drug-likeness (QED) is 0.864. The summed E-state index contributed by atoms with van der Waals surface area (Å²) in [6.45, 7) is 9.19. The average molecular weight is 233 g/mol. The third-order valence-electron chi connectivity index (χ3n) is 2.80. The molecule has 0 aromatic carbocycles. The summed E-state index contributed by atoms with van der Waals surface area (Å²) in [5.74, 6) is 1.92. The Kier molecular flexibility index (Phi) is 3.38. The highest BCUT2D eigenvalue weighted by Crippen LogP contribution is 2.09. The molecule has 0 amide bonds. The van der Waals surface area contributed by atoms with Crippen LogP contribution >= 0.6 is 0 Å². The second-order valence-electron chi connectivity index (χ2n) is 4.42. The second-order valence-corrected chi connectivity index (χ2v) is 4.42. The van der Waals surface area contributed by atoms with E-state index in [0.717, 1.165) is 36.0 Å². The molecule has 1 atom stereocenters. The number of fused-ring (bicyclic) bond motifs is 1. The van der Waals surface area contributed by atoms with E-state index in [2.05, 4.69) is 34.3 Å². The van der Waals surface area contributed by atoms with Crippen molar-refractivity contribution in [2.24, 2.45) is 0 Å². The highest BCUT2D eigenvalue weighted by molar-refractivity contribution is 5.39. The zero-order chi connectivity index (χ0) is 12.4. The van der Waals surface area contributed by atoms with Crippen molar-refractivity contribution in [3.63, 3.8) is 0 Å². The van der Waals surface area contributed by atoms with Gasteiger partial charge in [-0.1, -0.05) is 6.92 Å². The minimum atomic E-state index is 0.396. The van der Waals surface area contributed by atoms with Gasteiger partial charge in [0.15, 0.2) is 5.65 Å². The number of aryl methyl sites for hydroxylation is 2. The standard InChI is InChI=1S/C12H19N5/c1-5-13-8(2)6-11-15-16-12-7-9(3)14-10(4)17(11)12/h7-8,13H,5-6H2,1-4H3. The Bertz CT molecular complexity index is 517. The molecule has 2 heterocycles. The van der Waals surface area contributed by atoms with Crippen LogP contribution < -0.4 is 5.32 Å². The van der Waals surface area contributed by atoms with Crippen molar-refractivity contribution in [2.45, 2.75) is 40.2 Å². The molecule has 0 aliphatic rings. The summed E-state index contributed by atoms with van der Waals surface area (Å²) >= 11 is 0. The van der Waals surface area contributed by atoms with Gasteiger partial charge in [-0.25, -0.2) is 4.98 Å². The molecule has 92 valence electrons. The van der Waals surface area contributed by atoms with Gasteiger partial charge in [0.25, 0.3) is 0 Å². The van der Waals surface area contributed by atoms with Crippen molar-refractivity contribution in [3.8, 4) is 0 Å². The molecular weight excluding hydrogens is 214 g/mol. The lowest BCUT2D eigenvalue weighted by atomic mass is 10.2. The lowest BCUT2D eigenvalue weighted by Crippen LogP contribution is -2.28. The zero-order valence-corrected chi connectivity index (χ0v) is 10.9. The molecular formula is C12H19N5. The van der Waals surface area contributed by atoms with E-state index >= 15 is 0 Å². The van der Waals surface area contributed by atoms with Crippen LogP contribution in [0.3, 0.4) is 0 Å². The monoisotopic (exact) mass is 233 g/mol. The molecule has 2 rings (SSSR count). The molecule has 0 spiro atoms. The summed E-state index contributed by atoms with van der Waals surface area (Å²) in [5.41, 5.74) is 1.86. The van der Waals surface area contributed by atoms with E-state index in [1.54, 1.807) is 0 Å². The van der Waals surface area contributed by atoms with Crippen LogP contribution in [0.2, 0.25) is 0 Å². The molecule has 0 saturated carbocycles. The van der Waals surface area contributed by atoms with E-state index < -0.39 is 0 Å².